The first kappa shape index (κ1) is 37.6. The highest BCUT2D eigenvalue weighted by molar-refractivity contribution is 5.93. The van der Waals surface area contributed by atoms with Crippen molar-refractivity contribution in [2.24, 2.45) is 5.92 Å². The standard InChI is InChI=1S/C47H46N6O5/c1-30-43(28-52-24-22-36(23-25-52)53-42-13-7-6-12-40(42)51-47(53)56)57-46(58-44(30)33-16-14-31(29-54)15-17-33)34-20-18-32(19-21-34)37-9-3-2-8-35(37)26-49-45(55)41-27-48-38-10-4-5-11-39(38)50-41/h2-21,27,30,36,43-44,46,54H,22-26,28-29H2,1H3,(H,49,55)(H,51,56)/t30-,43+,44+,46+/m1/s1. The van der Waals surface area contributed by atoms with Crippen LogP contribution >= 0.6 is 0 Å². The third kappa shape index (κ3) is 7.69. The number of ether oxygens (including phenoxy) is 2. The lowest BCUT2D eigenvalue weighted by Crippen LogP contribution is -2.47. The minimum absolute atomic E-state index is 0.0165. The molecule has 9 rings (SSSR count). The number of piperidine rings is 1. The third-order valence-corrected chi connectivity index (χ3v) is 11.7. The van der Waals surface area contributed by atoms with Crippen LogP contribution in [0.15, 0.2) is 132 Å². The largest absolute Gasteiger partial charge is 0.392 e. The van der Waals surface area contributed by atoms with E-state index in [9.17, 15) is 14.7 Å². The highest BCUT2D eigenvalue weighted by Crippen LogP contribution is 2.42. The Kier molecular flexibility index (Phi) is 10.7. The van der Waals surface area contributed by atoms with E-state index >= 15 is 0 Å². The van der Waals surface area contributed by atoms with Crippen LogP contribution in [0, 0.1) is 5.92 Å². The highest BCUT2D eigenvalue weighted by atomic mass is 16.7. The molecule has 0 spiro atoms. The summed E-state index contributed by atoms with van der Waals surface area (Å²) in [5, 5.41) is 12.7. The average molecular weight is 775 g/mol. The number of aromatic amines is 1. The van der Waals surface area contributed by atoms with Crippen molar-refractivity contribution >= 4 is 28.0 Å². The Morgan fingerprint density at radius 3 is 2.34 bits per heavy atom. The van der Waals surface area contributed by atoms with Crippen LogP contribution in [0.3, 0.4) is 0 Å². The van der Waals surface area contributed by atoms with Gasteiger partial charge in [-0.3, -0.25) is 14.3 Å². The van der Waals surface area contributed by atoms with Crippen molar-refractivity contribution in [3.05, 3.63) is 166 Å². The second kappa shape index (κ2) is 16.5. The van der Waals surface area contributed by atoms with E-state index < -0.39 is 6.29 Å². The Morgan fingerprint density at radius 2 is 1.55 bits per heavy atom. The number of para-hydroxylation sites is 4. The summed E-state index contributed by atoms with van der Waals surface area (Å²) < 4.78 is 15.6. The molecular formula is C47H46N6O5. The Morgan fingerprint density at radius 1 is 0.845 bits per heavy atom. The van der Waals surface area contributed by atoms with Gasteiger partial charge in [-0.1, -0.05) is 104 Å². The molecular weight excluding hydrogens is 729 g/mol. The first-order valence-electron chi connectivity index (χ1n) is 20.0. The topological polar surface area (TPSA) is 135 Å². The maximum Gasteiger partial charge on any atom is 0.326 e. The molecule has 0 saturated carbocycles. The number of imidazole rings is 1. The Balaban J connectivity index is 0.909. The van der Waals surface area contributed by atoms with Crippen molar-refractivity contribution in [2.75, 3.05) is 19.6 Å². The van der Waals surface area contributed by atoms with Gasteiger partial charge in [-0.25, -0.2) is 9.78 Å². The van der Waals surface area contributed by atoms with Crippen molar-refractivity contribution in [3.8, 4) is 11.1 Å². The van der Waals surface area contributed by atoms with Crippen molar-refractivity contribution in [2.45, 2.75) is 57.5 Å². The highest BCUT2D eigenvalue weighted by Gasteiger charge is 2.39. The first-order valence-corrected chi connectivity index (χ1v) is 20.0. The summed E-state index contributed by atoms with van der Waals surface area (Å²) in [6.45, 7) is 4.95. The molecule has 0 radical (unpaired) electrons. The van der Waals surface area contributed by atoms with Gasteiger partial charge in [0.25, 0.3) is 5.91 Å². The lowest BCUT2D eigenvalue weighted by atomic mass is 9.89. The molecule has 2 fully saturated rings. The van der Waals surface area contributed by atoms with Crippen molar-refractivity contribution in [3.63, 3.8) is 0 Å². The fourth-order valence-corrected chi connectivity index (χ4v) is 8.49. The number of H-pyrrole nitrogens is 1. The van der Waals surface area contributed by atoms with Gasteiger partial charge >= 0.3 is 5.69 Å². The van der Waals surface area contributed by atoms with Crippen LogP contribution in [-0.2, 0) is 22.6 Å². The molecule has 11 nitrogen and oxygen atoms in total. The summed E-state index contributed by atoms with van der Waals surface area (Å²) in [4.78, 5) is 40.4. The Labute approximate surface area is 336 Å². The predicted molar refractivity (Wildman–Crippen MR) is 223 cm³/mol. The number of benzene rings is 5. The number of aliphatic hydroxyl groups excluding tert-OH is 1. The quantitative estimate of drug-likeness (QED) is 0.130. The smallest absolute Gasteiger partial charge is 0.326 e. The van der Waals surface area contributed by atoms with Crippen LogP contribution in [-0.4, -0.2) is 61.2 Å². The van der Waals surface area contributed by atoms with E-state index in [1.165, 1.54) is 6.20 Å². The number of aliphatic hydroxyl groups is 1. The SMILES string of the molecule is C[C@@H]1[C@H](CN2CCC(n3c(=O)[nH]c4ccccc43)CC2)O[C@H](c2ccc(-c3ccccc3CNC(=O)c3cnc4ccccc4n3)cc2)O[C@@H]1c1ccc(CO)cc1. The number of amides is 1. The molecule has 58 heavy (non-hydrogen) atoms. The molecule has 4 heterocycles. The van der Waals surface area contributed by atoms with E-state index in [0.717, 1.165) is 82.4 Å². The summed E-state index contributed by atoms with van der Waals surface area (Å²) in [7, 11) is 0. The van der Waals surface area contributed by atoms with Crippen molar-refractivity contribution < 1.29 is 19.4 Å². The van der Waals surface area contributed by atoms with Crippen LogP contribution < -0.4 is 11.0 Å². The number of fused-ring (bicyclic) bond motifs is 2. The molecule has 0 bridgehead atoms. The number of carbonyl (C=O) groups excluding carboxylic acids is 1. The minimum Gasteiger partial charge on any atom is -0.392 e. The van der Waals surface area contributed by atoms with Crippen LogP contribution in [0.25, 0.3) is 33.2 Å². The number of rotatable bonds is 10. The fourth-order valence-electron chi connectivity index (χ4n) is 8.49. The van der Waals surface area contributed by atoms with E-state index in [1.807, 2.05) is 95.6 Å². The van der Waals surface area contributed by atoms with Crippen LogP contribution in [0.4, 0.5) is 0 Å². The number of carbonyl (C=O) groups is 1. The van der Waals surface area contributed by atoms with Gasteiger partial charge in [-0.2, -0.15) is 0 Å². The second-order valence-electron chi connectivity index (χ2n) is 15.4. The summed E-state index contributed by atoms with van der Waals surface area (Å²) in [6.07, 6.45) is 2.31. The van der Waals surface area contributed by atoms with Crippen LogP contribution in [0.2, 0.25) is 0 Å². The number of hydrogen-bond acceptors (Lipinski definition) is 8. The zero-order valence-electron chi connectivity index (χ0n) is 32.3. The molecule has 2 aliphatic heterocycles. The lowest BCUT2D eigenvalue weighted by molar-refractivity contribution is -0.276. The van der Waals surface area contributed by atoms with Gasteiger partial charge in [-0.15, -0.1) is 0 Å². The predicted octanol–water partition coefficient (Wildman–Crippen LogP) is 7.49. The number of aromatic nitrogens is 4. The molecule has 1 amide bonds. The molecule has 2 aliphatic rings. The van der Waals surface area contributed by atoms with E-state index in [1.54, 1.807) is 0 Å². The minimum atomic E-state index is -0.599. The first-order chi connectivity index (χ1) is 28.4. The third-order valence-electron chi connectivity index (χ3n) is 11.7. The van der Waals surface area contributed by atoms with Gasteiger partial charge in [-0.05, 0) is 64.9 Å². The number of nitrogens with one attached hydrogen (secondary N) is 2. The van der Waals surface area contributed by atoms with Gasteiger partial charge < -0.3 is 29.8 Å². The van der Waals surface area contributed by atoms with Gasteiger partial charge in [0.05, 0.1) is 47.1 Å². The zero-order chi connectivity index (χ0) is 39.6. The van der Waals surface area contributed by atoms with Crippen LogP contribution in [0.5, 0.6) is 0 Å². The molecule has 4 atom stereocenters. The summed E-state index contributed by atoms with van der Waals surface area (Å²) in [5.74, 6) is -0.236. The summed E-state index contributed by atoms with van der Waals surface area (Å²) in [6, 6.07) is 39.8. The number of likely N-dealkylation sites (tertiary alicyclic amines) is 1. The second-order valence-corrected chi connectivity index (χ2v) is 15.4. The zero-order valence-corrected chi connectivity index (χ0v) is 32.3. The van der Waals surface area contributed by atoms with Crippen LogP contribution in [0.1, 0.15) is 70.9 Å². The lowest BCUT2D eigenvalue weighted by Gasteiger charge is -2.44. The van der Waals surface area contributed by atoms with E-state index in [4.69, 9.17) is 9.47 Å². The molecule has 3 N–H and O–H groups in total. The van der Waals surface area contributed by atoms with Crippen molar-refractivity contribution in [1.29, 1.82) is 0 Å². The maximum atomic E-state index is 13.1. The Hall–Kier alpha value is -5.98. The number of nitrogens with zero attached hydrogens (tertiary/aromatic N) is 4. The van der Waals surface area contributed by atoms with Gasteiger partial charge in [0.2, 0.25) is 0 Å². The molecule has 2 aromatic heterocycles. The van der Waals surface area contributed by atoms with Gasteiger partial charge in [0.15, 0.2) is 6.29 Å². The van der Waals surface area contributed by atoms with E-state index in [0.29, 0.717) is 12.1 Å². The van der Waals surface area contributed by atoms with E-state index in [2.05, 4.69) is 62.4 Å². The normalized spacial score (nSPS) is 20.4. The summed E-state index contributed by atoms with van der Waals surface area (Å²) in [5.41, 5.74) is 9.27. The maximum absolute atomic E-state index is 13.1. The molecule has 0 aliphatic carbocycles. The van der Waals surface area contributed by atoms with Gasteiger partial charge in [0, 0.05) is 43.7 Å². The summed E-state index contributed by atoms with van der Waals surface area (Å²) >= 11 is 0. The van der Waals surface area contributed by atoms with E-state index in [-0.39, 0.29) is 48.1 Å². The molecule has 11 heteroatoms. The molecule has 0 unspecified atom stereocenters. The monoisotopic (exact) mass is 774 g/mol. The fraction of sp³-hybridized carbons (Fsp3) is 0.277. The Bertz CT molecular complexity index is 2600. The van der Waals surface area contributed by atoms with Gasteiger partial charge in [0.1, 0.15) is 5.69 Å². The molecule has 294 valence electrons. The molecule has 5 aromatic carbocycles. The number of hydrogen-bond donors (Lipinski definition) is 3. The van der Waals surface area contributed by atoms with Crippen molar-refractivity contribution in [1.82, 2.24) is 29.7 Å². The molecule has 2 saturated heterocycles. The average Bonchev–Trinajstić information content (AvgIpc) is 3.62. The molecule has 7 aromatic rings.